The second-order valence-corrected chi connectivity index (χ2v) is 6.26. The molecule has 1 aliphatic carbocycles. The first-order valence-corrected chi connectivity index (χ1v) is 7.79. The zero-order valence-electron chi connectivity index (χ0n) is 12.9. The Morgan fingerprint density at radius 1 is 1.24 bits per heavy atom. The molecular formula is C16H24N4O. The van der Waals surface area contributed by atoms with E-state index < -0.39 is 0 Å². The van der Waals surface area contributed by atoms with Crippen molar-refractivity contribution >= 4 is 0 Å². The summed E-state index contributed by atoms with van der Waals surface area (Å²) in [4.78, 5) is 9.06. The summed E-state index contributed by atoms with van der Waals surface area (Å²) >= 11 is 0. The molecule has 2 aromatic heterocycles. The molecule has 5 nitrogen and oxygen atoms in total. The molecule has 21 heavy (non-hydrogen) atoms. The Bertz CT molecular complexity index is 574. The van der Waals surface area contributed by atoms with Crippen LogP contribution in [0.25, 0.3) is 11.5 Å². The van der Waals surface area contributed by atoms with E-state index in [4.69, 9.17) is 0 Å². The van der Waals surface area contributed by atoms with Gasteiger partial charge in [-0.3, -0.25) is 0 Å². The maximum atomic E-state index is 9.23. The Labute approximate surface area is 125 Å². The molecule has 0 amide bonds. The lowest BCUT2D eigenvalue weighted by molar-refractivity contribution is 0.161. The van der Waals surface area contributed by atoms with Crippen LogP contribution < -0.4 is 0 Å². The Balaban J connectivity index is 1.71. The third-order valence-electron chi connectivity index (χ3n) is 4.73. The largest absolute Gasteiger partial charge is 0.396 e. The van der Waals surface area contributed by atoms with Crippen molar-refractivity contribution in [3.63, 3.8) is 0 Å². The predicted octanol–water partition coefficient (Wildman–Crippen LogP) is 2.39. The maximum Gasteiger partial charge on any atom is 0.160 e. The number of aromatic nitrogens is 4. The molecule has 0 aromatic carbocycles. The van der Waals surface area contributed by atoms with Gasteiger partial charge in [-0.25, -0.2) is 9.97 Å². The summed E-state index contributed by atoms with van der Waals surface area (Å²) in [5.74, 6) is 3.17. The summed E-state index contributed by atoms with van der Waals surface area (Å²) in [6.07, 6.45) is 10.6. The van der Waals surface area contributed by atoms with Crippen molar-refractivity contribution < 1.29 is 5.11 Å². The van der Waals surface area contributed by atoms with E-state index in [0.717, 1.165) is 36.7 Å². The minimum Gasteiger partial charge on any atom is -0.396 e. The van der Waals surface area contributed by atoms with Gasteiger partial charge in [-0.1, -0.05) is 0 Å². The van der Waals surface area contributed by atoms with E-state index in [9.17, 15) is 5.11 Å². The topological polar surface area (TPSA) is 55.9 Å². The first-order chi connectivity index (χ1) is 10.2. The zero-order valence-corrected chi connectivity index (χ0v) is 12.9. The van der Waals surface area contributed by atoms with Crippen LogP contribution in [0.2, 0.25) is 0 Å². The Morgan fingerprint density at radius 2 is 1.95 bits per heavy atom. The quantitative estimate of drug-likeness (QED) is 0.940. The van der Waals surface area contributed by atoms with Gasteiger partial charge in [-0.05, 0) is 44.4 Å². The molecule has 0 bridgehead atoms. The highest BCUT2D eigenvalue weighted by atomic mass is 16.3. The number of aliphatic hydroxyl groups excluding tert-OH is 1. The van der Waals surface area contributed by atoms with Gasteiger partial charge in [0.2, 0.25) is 0 Å². The van der Waals surface area contributed by atoms with Gasteiger partial charge < -0.3 is 14.2 Å². The molecule has 3 rings (SSSR count). The minimum atomic E-state index is 0.344. The molecule has 0 radical (unpaired) electrons. The molecule has 1 N–H and O–H groups in total. The molecule has 1 saturated carbocycles. The van der Waals surface area contributed by atoms with Gasteiger partial charge >= 0.3 is 0 Å². The van der Waals surface area contributed by atoms with Gasteiger partial charge in [0, 0.05) is 38.8 Å². The molecule has 0 spiro atoms. The molecule has 5 heteroatoms. The molecule has 2 aromatic rings. The number of rotatable bonds is 4. The SMILES string of the molecule is Cc1nc(-c2nccn2CC2CCC(CO)CC2)cn1C. The second kappa shape index (κ2) is 6.02. The molecule has 114 valence electrons. The molecule has 2 heterocycles. The average Bonchev–Trinajstić information content (AvgIpc) is 3.07. The van der Waals surface area contributed by atoms with Crippen molar-refractivity contribution in [3.05, 3.63) is 24.4 Å². The lowest BCUT2D eigenvalue weighted by atomic mass is 9.82. The summed E-state index contributed by atoms with van der Waals surface area (Å²) in [6.45, 7) is 3.35. The fraction of sp³-hybridized carbons (Fsp3) is 0.625. The number of imidazole rings is 2. The van der Waals surface area contributed by atoms with E-state index >= 15 is 0 Å². The number of hydrogen-bond donors (Lipinski definition) is 1. The van der Waals surface area contributed by atoms with Crippen molar-refractivity contribution in [2.45, 2.75) is 39.2 Å². The summed E-state index contributed by atoms with van der Waals surface area (Å²) in [5, 5.41) is 9.23. The van der Waals surface area contributed by atoms with Gasteiger partial charge in [-0.15, -0.1) is 0 Å². The van der Waals surface area contributed by atoms with Gasteiger partial charge in [0.05, 0.1) is 0 Å². The highest BCUT2D eigenvalue weighted by Gasteiger charge is 2.22. The molecule has 0 unspecified atom stereocenters. The number of aryl methyl sites for hydroxylation is 2. The van der Waals surface area contributed by atoms with Crippen molar-refractivity contribution in [1.82, 2.24) is 19.1 Å². The van der Waals surface area contributed by atoms with Crippen LogP contribution in [-0.4, -0.2) is 30.8 Å². The van der Waals surface area contributed by atoms with Gasteiger partial charge in [0.25, 0.3) is 0 Å². The third kappa shape index (κ3) is 3.02. The van der Waals surface area contributed by atoms with E-state index in [-0.39, 0.29) is 0 Å². The second-order valence-electron chi connectivity index (χ2n) is 6.26. The van der Waals surface area contributed by atoms with Crippen molar-refractivity contribution in [2.24, 2.45) is 18.9 Å². The van der Waals surface area contributed by atoms with E-state index in [1.54, 1.807) is 0 Å². The van der Waals surface area contributed by atoms with Gasteiger partial charge in [-0.2, -0.15) is 0 Å². The average molecular weight is 288 g/mol. The predicted molar refractivity (Wildman–Crippen MR) is 81.7 cm³/mol. The van der Waals surface area contributed by atoms with Crippen LogP contribution in [-0.2, 0) is 13.6 Å². The molecule has 1 aliphatic rings. The Kier molecular flexibility index (Phi) is 4.10. The highest BCUT2D eigenvalue weighted by molar-refractivity contribution is 5.49. The van der Waals surface area contributed by atoms with E-state index in [0.29, 0.717) is 18.4 Å². The lowest BCUT2D eigenvalue weighted by Crippen LogP contribution is -2.21. The maximum absolute atomic E-state index is 9.23. The van der Waals surface area contributed by atoms with E-state index in [1.165, 1.54) is 12.8 Å². The fourth-order valence-corrected chi connectivity index (χ4v) is 3.23. The smallest absolute Gasteiger partial charge is 0.160 e. The molecular weight excluding hydrogens is 264 g/mol. The summed E-state index contributed by atoms with van der Waals surface area (Å²) in [5.41, 5.74) is 0.948. The van der Waals surface area contributed by atoms with Crippen molar-refractivity contribution in [3.8, 4) is 11.5 Å². The van der Waals surface area contributed by atoms with E-state index in [1.807, 2.05) is 30.9 Å². The van der Waals surface area contributed by atoms with Gasteiger partial charge in [0.15, 0.2) is 5.82 Å². The van der Waals surface area contributed by atoms with Gasteiger partial charge in [0.1, 0.15) is 11.5 Å². The molecule has 0 atom stereocenters. The van der Waals surface area contributed by atoms with Crippen molar-refractivity contribution in [1.29, 1.82) is 0 Å². The van der Waals surface area contributed by atoms with Crippen LogP contribution in [0.15, 0.2) is 18.6 Å². The summed E-state index contributed by atoms with van der Waals surface area (Å²) in [7, 11) is 2.01. The number of nitrogens with zero attached hydrogens (tertiary/aromatic N) is 4. The summed E-state index contributed by atoms with van der Waals surface area (Å²) < 4.78 is 4.26. The number of hydrogen-bond acceptors (Lipinski definition) is 3. The van der Waals surface area contributed by atoms with E-state index in [2.05, 4.69) is 20.7 Å². The first kappa shape index (κ1) is 14.3. The third-order valence-corrected chi connectivity index (χ3v) is 4.73. The fourth-order valence-electron chi connectivity index (χ4n) is 3.23. The first-order valence-electron chi connectivity index (χ1n) is 7.79. The standard InChI is InChI=1S/C16H24N4O/c1-12-18-15(10-19(12)2)16-17-7-8-20(16)9-13-3-5-14(11-21)6-4-13/h7-8,10,13-14,21H,3-6,9,11H2,1-2H3. The molecule has 0 saturated heterocycles. The Morgan fingerprint density at radius 3 is 2.57 bits per heavy atom. The lowest BCUT2D eigenvalue weighted by Gasteiger charge is -2.27. The molecule has 0 aliphatic heterocycles. The number of aliphatic hydroxyl groups is 1. The van der Waals surface area contributed by atoms with Crippen LogP contribution in [0.4, 0.5) is 0 Å². The molecule has 1 fully saturated rings. The van der Waals surface area contributed by atoms with Crippen LogP contribution in [0.1, 0.15) is 31.5 Å². The van der Waals surface area contributed by atoms with Crippen LogP contribution in [0.5, 0.6) is 0 Å². The van der Waals surface area contributed by atoms with Crippen LogP contribution in [0, 0.1) is 18.8 Å². The van der Waals surface area contributed by atoms with Crippen molar-refractivity contribution in [2.75, 3.05) is 6.61 Å². The minimum absolute atomic E-state index is 0.344. The monoisotopic (exact) mass is 288 g/mol. The van der Waals surface area contributed by atoms with Crippen LogP contribution in [0.3, 0.4) is 0 Å². The summed E-state index contributed by atoms with van der Waals surface area (Å²) in [6, 6.07) is 0. The Hall–Kier alpha value is -1.62. The van der Waals surface area contributed by atoms with Crippen LogP contribution >= 0.6 is 0 Å². The zero-order chi connectivity index (χ0) is 14.8. The highest BCUT2D eigenvalue weighted by Crippen LogP contribution is 2.30. The normalized spacial score (nSPS) is 22.6.